The van der Waals surface area contributed by atoms with Gasteiger partial charge >= 0.3 is 0 Å². The van der Waals surface area contributed by atoms with Crippen LogP contribution in [0.2, 0.25) is 0 Å². The van der Waals surface area contributed by atoms with Crippen molar-refractivity contribution in [3.05, 3.63) is 29.6 Å². The summed E-state index contributed by atoms with van der Waals surface area (Å²) in [6.07, 6.45) is 0. The van der Waals surface area contributed by atoms with Gasteiger partial charge in [-0.2, -0.15) is 0 Å². The van der Waals surface area contributed by atoms with E-state index in [0.717, 1.165) is 16.4 Å². The minimum absolute atomic E-state index is 0.102. The van der Waals surface area contributed by atoms with Gasteiger partial charge in [0.25, 0.3) is 0 Å². The maximum Gasteiger partial charge on any atom is 0.238 e. The van der Waals surface area contributed by atoms with Gasteiger partial charge in [0, 0.05) is 18.0 Å². The second-order valence-corrected chi connectivity index (χ2v) is 5.78. The Balaban J connectivity index is 2.35. The van der Waals surface area contributed by atoms with E-state index in [-0.39, 0.29) is 4.90 Å². The minimum atomic E-state index is -3.63. The first-order valence-corrected chi connectivity index (χ1v) is 7.20. The van der Waals surface area contributed by atoms with E-state index in [9.17, 15) is 8.42 Å². The van der Waals surface area contributed by atoms with E-state index in [2.05, 4.69) is 10.3 Å². The Morgan fingerprint density at radius 2 is 1.94 bits per heavy atom. The average molecular weight is 269 g/mol. The fourth-order valence-corrected chi connectivity index (χ4v) is 2.53. The van der Waals surface area contributed by atoms with Gasteiger partial charge in [0.2, 0.25) is 10.0 Å². The number of hydrogen-bond donors (Lipinski definition) is 2. The van der Waals surface area contributed by atoms with Crippen LogP contribution in [0.3, 0.4) is 0 Å². The number of anilines is 1. The number of nitrogens with zero attached hydrogens (tertiary/aromatic N) is 1. The normalized spacial score (nSPS) is 11.4. The van der Waals surface area contributed by atoms with E-state index in [1.807, 2.05) is 5.38 Å². The number of benzene rings is 1. The Morgan fingerprint density at radius 1 is 1.29 bits per heavy atom. The van der Waals surface area contributed by atoms with Gasteiger partial charge < -0.3 is 5.32 Å². The van der Waals surface area contributed by atoms with Crippen molar-refractivity contribution in [1.82, 2.24) is 4.98 Å². The molecular weight excluding hydrogens is 258 g/mol. The highest BCUT2D eigenvalue weighted by Crippen LogP contribution is 2.25. The van der Waals surface area contributed by atoms with Crippen LogP contribution in [0.25, 0.3) is 11.3 Å². The van der Waals surface area contributed by atoms with Crippen molar-refractivity contribution in [3.8, 4) is 11.3 Å². The number of rotatable bonds is 3. The number of aromatic nitrogens is 1. The molecule has 0 spiro atoms. The van der Waals surface area contributed by atoms with Crippen molar-refractivity contribution in [1.29, 1.82) is 0 Å². The van der Waals surface area contributed by atoms with Gasteiger partial charge in [-0.15, -0.1) is 11.3 Å². The summed E-state index contributed by atoms with van der Waals surface area (Å²) in [5, 5.41) is 10.7. The molecule has 0 saturated heterocycles. The van der Waals surface area contributed by atoms with Crippen LogP contribution >= 0.6 is 11.3 Å². The van der Waals surface area contributed by atoms with E-state index in [0.29, 0.717) is 0 Å². The van der Waals surface area contributed by atoms with Crippen LogP contribution in [0.1, 0.15) is 0 Å². The molecule has 2 aromatic rings. The molecule has 3 N–H and O–H groups in total. The zero-order valence-corrected chi connectivity index (χ0v) is 10.7. The van der Waals surface area contributed by atoms with Crippen molar-refractivity contribution >= 4 is 26.5 Å². The van der Waals surface area contributed by atoms with Crippen LogP contribution < -0.4 is 10.5 Å². The SMILES string of the molecule is CNc1nc(-c2ccc(S(N)(=O)=O)cc2)cs1. The maximum atomic E-state index is 11.1. The van der Waals surface area contributed by atoms with Crippen molar-refractivity contribution in [2.45, 2.75) is 4.90 Å². The maximum absolute atomic E-state index is 11.1. The molecule has 0 atom stereocenters. The highest BCUT2D eigenvalue weighted by atomic mass is 32.2. The molecule has 0 aliphatic carbocycles. The van der Waals surface area contributed by atoms with Gasteiger partial charge in [-0.1, -0.05) is 12.1 Å². The second-order valence-electron chi connectivity index (χ2n) is 3.36. The number of thiazole rings is 1. The summed E-state index contributed by atoms with van der Waals surface area (Å²) in [5.74, 6) is 0. The summed E-state index contributed by atoms with van der Waals surface area (Å²) < 4.78 is 22.2. The molecule has 1 aromatic heterocycles. The largest absolute Gasteiger partial charge is 0.365 e. The van der Waals surface area contributed by atoms with Crippen molar-refractivity contribution < 1.29 is 8.42 Å². The lowest BCUT2D eigenvalue weighted by molar-refractivity contribution is 0.598. The van der Waals surface area contributed by atoms with E-state index in [4.69, 9.17) is 5.14 Å². The summed E-state index contributed by atoms with van der Waals surface area (Å²) in [4.78, 5) is 4.42. The van der Waals surface area contributed by atoms with E-state index < -0.39 is 10.0 Å². The van der Waals surface area contributed by atoms with Crippen LogP contribution in [0, 0.1) is 0 Å². The third kappa shape index (κ3) is 2.63. The summed E-state index contributed by atoms with van der Waals surface area (Å²) in [6.45, 7) is 0. The lowest BCUT2D eigenvalue weighted by atomic mass is 10.2. The zero-order valence-electron chi connectivity index (χ0n) is 9.04. The second kappa shape index (κ2) is 4.44. The monoisotopic (exact) mass is 269 g/mol. The predicted molar refractivity (Wildman–Crippen MR) is 68.5 cm³/mol. The number of hydrogen-bond acceptors (Lipinski definition) is 5. The Labute approximate surface area is 103 Å². The fourth-order valence-electron chi connectivity index (χ4n) is 1.34. The number of sulfonamides is 1. The topological polar surface area (TPSA) is 85.1 Å². The first-order valence-electron chi connectivity index (χ1n) is 4.77. The predicted octanol–water partition coefficient (Wildman–Crippen LogP) is 1.50. The molecule has 0 aliphatic rings. The van der Waals surface area contributed by atoms with Crippen LogP contribution in [0.4, 0.5) is 5.13 Å². The highest BCUT2D eigenvalue weighted by molar-refractivity contribution is 7.89. The molecule has 1 aromatic carbocycles. The number of primary sulfonamides is 1. The van der Waals surface area contributed by atoms with Gasteiger partial charge in [-0.25, -0.2) is 18.5 Å². The molecule has 0 amide bonds. The first-order chi connectivity index (χ1) is 8.00. The molecule has 0 radical (unpaired) electrons. The number of nitrogens with one attached hydrogen (secondary N) is 1. The van der Waals surface area contributed by atoms with Crippen molar-refractivity contribution in [2.75, 3.05) is 12.4 Å². The summed E-state index contributed by atoms with van der Waals surface area (Å²) in [5.41, 5.74) is 1.66. The Hall–Kier alpha value is -1.44. The summed E-state index contributed by atoms with van der Waals surface area (Å²) in [6, 6.07) is 6.33. The molecule has 0 unspecified atom stereocenters. The van der Waals surface area contributed by atoms with Crippen LogP contribution in [-0.4, -0.2) is 20.4 Å². The molecule has 5 nitrogen and oxygen atoms in total. The molecule has 0 aliphatic heterocycles. The van der Waals surface area contributed by atoms with Gasteiger partial charge in [0.05, 0.1) is 10.6 Å². The Bertz CT molecular complexity index is 617. The third-order valence-corrected chi connectivity index (χ3v) is 3.99. The molecule has 2 rings (SSSR count). The fraction of sp³-hybridized carbons (Fsp3) is 0.100. The standard InChI is InChI=1S/C10H11N3O2S2/c1-12-10-13-9(6-16-10)7-2-4-8(5-3-7)17(11,14)15/h2-6H,1H3,(H,12,13)(H2,11,14,15). The van der Waals surface area contributed by atoms with Crippen LogP contribution in [0.5, 0.6) is 0 Å². The van der Waals surface area contributed by atoms with E-state index in [1.54, 1.807) is 19.2 Å². The first kappa shape index (κ1) is 12.0. The molecule has 1 heterocycles. The average Bonchev–Trinajstić information content (AvgIpc) is 2.76. The van der Waals surface area contributed by atoms with E-state index >= 15 is 0 Å². The molecule has 0 fully saturated rings. The minimum Gasteiger partial charge on any atom is -0.365 e. The lowest BCUT2D eigenvalue weighted by Crippen LogP contribution is -2.11. The highest BCUT2D eigenvalue weighted by Gasteiger charge is 2.08. The molecule has 90 valence electrons. The lowest BCUT2D eigenvalue weighted by Gasteiger charge is -1.99. The smallest absolute Gasteiger partial charge is 0.238 e. The van der Waals surface area contributed by atoms with Crippen molar-refractivity contribution in [3.63, 3.8) is 0 Å². The van der Waals surface area contributed by atoms with Crippen LogP contribution in [-0.2, 0) is 10.0 Å². The van der Waals surface area contributed by atoms with Crippen molar-refractivity contribution in [2.24, 2.45) is 5.14 Å². The summed E-state index contributed by atoms with van der Waals surface area (Å²) >= 11 is 1.49. The molecule has 7 heteroatoms. The van der Waals surface area contributed by atoms with Gasteiger partial charge in [0.15, 0.2) is 5.13 Å². The number of nitrogens with two attached hydrogens (primary N) is 1. The molecular formula is C10H11N3O2S2. The zero-order chi connectivity index (χ0) is 12.5. The molecule has 0 bridgehead atoms. The molecule has 17 heavy (non-hydrogen) atoms. The summed E-state index contributed by atoms with van der Waals surface area (Å²) in [7, 11) is -1.83. The van der Waals surface area contributed by atoms with Gasteiger partial charge in [-0.05, 0) is 12.1 Å². The quantitative estimate of drug-likeness (QED) is 0.884. The third-order valence-electron chi connectivity index (χ3n) is 2.20. The Kier molecular flexibility index (Phi) is 3.14. The van der Waals surface area contributed by atoms with E-state index in [1.165, 1.54) is 23.5 Å². The van der Waals surface area contributed by atoms with Gasteiger partial charge in [-0.3, -0.25) is 0 Å². The molecule has 0 saturated carbocycles. The van der Waals surface area contributed by atoms with Gasteiger partial charge in [0.1, 0.15) is 0 Å². The Morgan fingerprint density at radius 3 is 2.41 bits per heavy atom. The van der Waals surface area contributed by atoms with Crippen LogP contribution in [0.15, 0.2) is 34.5 Å².